The van der Waals surface area contributed by atoms with E-state index in [4.69, 9.17) is 4.74 Å². The Morgan fingerprint density at radius 3 is 2.71 bits per heavy atom. The SMILES string of the molecule is CCOC(=O)C(O)c1c(F)ccc(OC)c1O. The summed E-state index contributed by atoms with van der Waals surface area (Å²) in [7, 11) is 1.27. The summed E-state index contributed by atoms with van der Waals surface area (Å²) in [5.74, 6) is -2.60. The van der Waals surface area contributed by atoms with Gasteiger partial charge in [0.2, 0.25) is 0 Å². The number of aliphatic hydroxyl groups is 1. The molecule has 0 aliphatic rings. The average Bonchev–Trinajstić information content (AvgIpc) is 2.29. The van der Waals surface area contributed by atoms with Crippen molar-refractivity contribution in [3.8, 4) is 11.5 Å². The Balaban J connectivity index is 3.16. The maximum Gasteiger partial charge on any atom is 0.339 e. The second-order valence-corrected chi connectivity index (χ2v) is 3.17. The molecule has 0 bridgehead atoms. The summed E-state index contributed by atoms with van der Waals surface area (Å²) in [6.07, 6.45) is -1.88. The highest BCUT2D eigenvalue weighted by molar-refractivity contribution is 5.77. The van der Waals surface area contributed by atoms with Gasteiger partial charge >= 0.3 is 5.97 Å². The van der Waals surface area contributed by atoms with Crippen LogP contribution in [0.25, 0.3) is 0 Å². The summed E-state index contributed by atoms with van der Waals surface area (Å²) in [6, 6.07) is 2.17. The molecule has 2 N–H and O–H groups in total. The number of benzene rings is 1. The molecule has 6 heteroatoms. The number of ether oxygens (including phenoxy) is 2. The molecule has 0 aromatic heterocycles. The summed E-state index contributed by atoms with van der Waals surface area (Å²) in [6.45, 7) is 1.59. The topological polar surface area (TPSA) is 76.0 Å². The fourth-order valence-corrected chi connectivity index (χ4v) is 1.33. The third-order valence-corrected chi connectivity index (χ3v) is 2.13. The number of phenolic OH excluding ortho intramolecular Hbond substituents is 1. The van der Waals surface area contributed by atoms with Crippen molar-refractivity contribution in [3.05, 3.63) is 23.5 Å². The number of phenols is 1. The van der Waals surface area contributed by atoms with Crippen LogP contribution in [0.5, 0.6) is 11.5 Å². The lowest BCUT2D eigenvalue weighted by atomic mass is 10.1. The molecule has 0 fully saturated rings. The third kappa shape index (κ3) is 2.65. The Kier molecular flexibility index (Phi) is 4.28. The summed E-state index contributed by atoms with van der Waals surface area (Å²) in [5, 5.41) is 19.2. The molecule has 1 rings (SSSR count). The van der Waals surface area contributed by atoms with E-state index >= 15 is 0 Å². The number of carbonyl (C=O) groups excluding carboxylic acids is 1. The van der Waals surface area contributed by atoms with Gasteiger partial charge in [-0.2, -0.15) is 0 Å². The van der Waals surface area contributed by atoms with Crippen molar-refractivity contribution < 1.29 is 28.9 Å². The van der Waals surface area contributed by atoms with Gasteiger partial charge in [-0.3, -0.25) is 0 Å². The number of esters is 1. The van der Waals surface area contributed by atoms with Crippen LogP contribution in [-0.4, -0.2) is 29.9 Å². The Morgan fingerprint density at radius 1 is 1.53 bits per heavy atom. The minimum Gasteiger partial charge on any atom is -0.504 e. The van der Waals surface area contributed by atoms with Crippen LogP contribution in [0.4, 0.5) is 4.39 Å². The first-order valence-corrected chi connectivity index (χ1v) is 4.93. The van der Waals surface area contributed by atoms with E-state index in [9.17, 15) is 19.4 Å². The van der Waals surface area contributed by atoms with Gasteiger partial charge in [0.15, 0.2) is 17.6 Å². The van der Waals surface area contributed by atoms with E-state index in [0.717, 1.165) is 6.07 Å². The predicted molar refractivity (Wildman–Crippen MR) is 56.2 cm³/mol. The maximum atomic E-state index is 13.4. The van der Waals surface area contributed by atoms with Crippen molar-refractivity contribution in [2.24, 2.45) is 0 Å². The van der Waals surface area contributed by atoms with Crippen molar-refractivity contribution in [1.82, 2.24) is 0 Å². The monoisotopic (exact) mass is 244 g/mol. The van der Waals surface area contributed by atoms with E-state index in [1.165, 1.54) is 13.2 Å². The summed E-state index contributed by atoms with van der Waals surface area (Å²) < 4.78 is 22.7. The number of rotatable bonds is 4. The Hall–Kier alpha value is -1.82. The van der Waals surface area contributed by atoms with Gasteiger partial charge in [0.05, 0.1) is 19.3 Å². The highest BCUT2D eigenvalue weighted by Gasteiger charge is 2.27. The lowest BCUT2D eigenvalue weighted by Crippen LogP contribution is -2.17. The zero-order valence-corrected chi connectivity index (χ0v) is 9.44. The third-order valence-electron chi connectivity index (χ3n) is 2.13. The molecular formula is C11H13FO5. The molecule has 1 aromatic rings. The van der Waals surface area contributed by atoms with Crippen LogP contribution in [0, 0.1) is 5.82 Å². The molecule has 0 amide bonds. The molecule has 0 saturated carbocycles. The Bertz CT molecular complexity index is 419. The summed E-state index contributed by atoms with van der Waals surface area (Å²) >= 11 is 0. The molecule has 0 spiro atoms. The number of carbonyl (C=O) groups is 1. The standard InChI is InChI=1S/C11H13FO5/c1-3-17-11(15)10(14)8-6(12)4-5-7(16-2)9(8)13/h4-5,10,13-14H,3H2,1-2H3. The predicted octanol–water partition coefficient (Wildman–Crippen LogP) is 1.14. The van der Waals surface area contributed by atoms with E-state index in [2.05, 4.69) is 4.74 Å². The van der Waals surface area contributed by atoms with Gasteiger partial charge in [0, 0.05) is 0 Å². The van der Waals surface area contributed by atoms with Crippen molar-refractivity contribution >= 4 is 5.97 Å². The zero-order valence-electron chi connectivity index (χ0n) is 9.44. The van der Waals surface area contributed by atoms with E-state index in [1.54, 1.807) is 6.92 Å². The lowest BCUT2D eigenvalue weighted by Gasteiger charge is -2.14. The highest BCUT2D eigenvalue weighted by atomic mass is 19.1. The van der Waals surface area contributed by atoms with Crippen LogP contribution < -0.4 is 4.74 Å². The molecular weight excluding hydrogens is 231 g/mol. The van der Waals surface area contributed by atoms with Crippen molar-refractivity contribution in [3.63, 3.8) is 0 Å². The summed E-state index contributed by atoms with van der Waals surface area (Å²) in [4.78, 5) is 11.3. The van der Waals surface area contributed by atoms with Gasteiger partial charge < -0.3 is 19.7 Å². The number of hydrogen-bond donors (Lipinski definition) is 2. The van der Waals surface area contributed by atoms with Gasteiger partial charge in [-0.1, -0.05) is 0 Å². The molecule has 17 heavy (non-hydrogen) atoms. The number of aromatic hydroxyl groups is 1. The second kappa shape index (κ2) is 5.49. The van der Waals surface area contributed by atoms with E-state index < -0.39 is 29.2 Å². The smallest absolute Gasteiger partial charge is 0.339 e. The second-order valence-electron chi connectivity index (χ2n) is 3.17. The minimum absolute atomic E-state index is 0.0373. The first-order chi connectivity index (χ1) is 8.02. The van der Waals surface area contributed by atoms with Gasteiger partial charge in [0.25, 0.3) is 0 Å². The van der Waals surface area contributed by atoms with Crippen molar-refractivity contribution in [2.75, 3.05) is 13.7 Å². The normalized spacial score (nSPS) is 12.0. The summed E-state index contributed by atoms with van der Waals surface area (Å²) in [5.41, 5.74) is -0.553. The van der Waals surface area contributed by atoms with Crippen molar-refractivity contribution in [1.29, 1.82) is 0 Å². The molecule has 0 radical (unpaired) electrons. The maximum absolute atomic E-state index is 13.4. The number of hydrogen-bond acceptors (Lipinski definition) is 5. The molecule has 94 valence electrons. The Labute approximate surface area is 97.4 Å². The molecule has 1 atom stereocenters. The molecule has 1 unspecified atom stereocenters. The number of halogens is 1. The van der Waals surface area contributed by atoms with Crippen LogP contribution in [0.15, 0.2) is 12.1 Å². The number of methoxy groups -OCH3 is 1. The van der Waals surface area contributed by atoms with E-state index in [0.29, 0.717) is 0 Å². The Morgan fingerprint density at radius 2 is 2.18 bits per heavy atom. The lowest BCUT2D eigenvalue weighted by molar-refractivity contribution is -0.153. The first-order valence-electron chi connectivity index (χ1n) is 4.93. The van der Waals surface area contributed by atoms with Crippen LogP contribution >= 0.6 is 0 Å². The zero-order chi connectivity index (χ0) is 13.0. The van der Waals surface area contributed by atoms with Crippen LogP contribution in [0.1, 0.15) is 18.6 Å². The largest absolute Gasteiger partial charge is 0.504 e. The van der Waals surface area contributed by atoms with Gasteiger partial charge in [-0.05, 0) is 19.1 Å². The molecule has 0 aliphatic carbocycles. The van der Waals surface area contributed by atoms with Crippen LogP contribution in [0.3, 0.4) is 0 Å². The van der Waals surface area contributed by atoms with E-state index in [-0.39, 0.29) is 12.4 Å². The van der Waals surface area contributed by atoms with Gasteiger partial charge in [-0.25, -0.2) is 9.18 Å². The van der Waals surface area contributed by atoms with Crippen LogP contribution in [-0.2, 0) is 9.53 Å². The van der Waals surface area contributed by atoms with E-state index in [1.807, 2.05) is 0 Å². The minimum atomic E-state index is -1.88. The van der Waals surface area contributed by atoms with Crippen LogP contribution in [0.2, 0.25) is 0 Å². The molecule has 5 nitrogen and oxygen atoms in total. The fourth-order valence-electron chi connectivity index (χ4n) is 1.33. The van der Waals surface area contributed by atoms with Gasteiger partial charge in [0.1, 0.15) is 5.82 Å². The average molecular weight is 244 g/mol. The molecule has 0 saturated heterocycles. The fraction of sp³-hybridized carbons (Fsp3) is 0.364. The quantitative estimate of drug-likeness (QED) is 0.777. The first kappa shape index (κ1) is 13.2. The molecule has 1 aromatic carbocycles. The number of aliphatic hydroxyl groups excluding tert-OH is 1. The molecule has 0 heterocycles. The van der Waals surface area contributed by atoms with Gasteiger partial charge in [-0.15, -0.1) is 0 Å². The highest BCUT2D eigenvalue weighted by Crippen LogP contribution is 2.35. The molecule has 0 aliphatic heterocycles. The van der Waals surface area contributed by atoms with Crippen molar-refractivity contribution in [2.45, 2.75) is 13.0 Å².